The zero-order valence-electron chi connectivity index (χ0n) is 14.9. The lowest BCUT2D eigenvalue weighted by molar-refractivity contribution is 0.333. The highest BCUT2D eigenvalue weighted by atomic mass is 14.9. The summed E-state index contributed by atoms with van der Waals surface area (Å²) in [6.07, 6.45) is 2.07. The molecule has 2 aromatic carbocycles. The molecule has 0 amide bonds. The number of benzene rings is 2. The first-order valence-corrected chi connectivity index (χ1v) is 8.25. The predicted molar refractivity (Wildman–Crippen MR) is 101 cm³/mol. The van der Waals surface area contributed by atoms with Gasteiger partial charge in [-0.25, -0.2) is 0 Å². The number of rotatable bonds is 5. The summed E-state index contributed by atoms with van der Waals surface area (Å²) in [5.74, 6) is 0. The van der Waals surface area contributed by atoms with E-state index in [9.17, 15) is 0 Å². The fraction of sp³-hybridized carbons (Fsp3) is 0.381. The second-order valence-corrected chi connectivity index (χ2v) is 7.23. The minimum atomic E-state index is 0.106. The van der Waals surface area contributed by atoms with E-state index in [-0.39, 0.29) is 11.5 Å². The Hall–Kier alpha value is -1.93. The van der Waals surface area contributed by atoms with Crippen LogP contribution in [0.25, 0.3) is 0 Å². The second kappa shape index (κ2) is 7.56. The summed E-state index contributed by atoms with van der Waals surface area (Å²) in [5, 5.41) is 3.64. The van der Waals surface area contributed by atoms with Crippen molar-refractivity contribution in [3.05, 3.63) is 65.2 Å². The molecule has 0 aliphatic carbocycles. The zero-order chi connectivity index (χ0) is 16.9. The van der Waals surface area contributed by atoms with Gasteiger partial charge in [0.1, 0.15) is 0 Å². The highest BCUT2D eigenvalue weighted by Crippen LogP contribution is 2.24. The van der Waals surface area contributed by atoms with Crippen LogP contribution in [0.3, 0.4) is 0 Å². The van der Waals surface area contributed by atoms with Gasteiger partial charge in [-0.05, 0) is 36.0 Å². The second-order valence-electron chi connectivity index (χ2n) is 7.23. The Labute approximate surface area is 140 Å². The van der Waals surface area contributed by atoms with Crippen LogP contribution >= 0.6 is 0 Å². The number of aliphatic imine (C=N–C) groups is 1. The van der Waals surface area contributed by atoms with E-state index in [0.29, 0.717) is 0 Å². The van der Waals surface area contributed by atoms with Gasteiger partial charge in [0.15, 0.2) is 0 Å². The lowest BCUT2D eigenvalue weighted by Gasteiger charge is -2.28. The minimum Gasteiger partial charge on any atom is -0.305 e. The topological polar surface area (TPSA) is 24.4 Å². The molecule has 2 heteroatoms. The standard InChI is InChI=1S/C21H28N2/c1-16-10-9-11-17(2)20(16)23-15-19(21(3,4)5)22-14-18-12-7-6-8-13-18/h6-13,15,19,22H,14H2,1-5H3. The summed E-state index contributed by atoms with van der Waals surface area (Å²) < 4.78 is 0. The molecule has 1 atom stereocenters. The van der Waals surface area contributed by atoms with Gasteiger partial charge in [0.2, 0.25) is 0 Å². The summed E-state index contributed by atoms with van der Waals surface area (Å²) in [4.78, 5) is 4.80. The van der Waals surface area contributed by atoms with Gasteiger partial charge >= 0.3 is 0 Å². The van der Waals surface area contributed by atoms with E-state index >= 15 is 0 Å². The third kappa shape index (κ3) is 5.04. The van der Waals surface area contributed by atoms with Crippen molar-refractivity contribution in [1.82, 2.24) is 5.32 Å². The number of nitrogens with one attached hydrogen (secondary N) is 1. The first kappa shape index (κ1) is 17.4. The molecule has 0 fully saturated rings. The molecule has 0 aliphatic rings. The summed E-state index contributed by atoms with van der Waals surface area (Å²) >= 11 is 0. The Bertz CT molecular complexity index is 631. The quantitative estimate of drug-likeness (QED) is 0.753. The summed E-state index contributed by atoms with van der Waals surface area (Å²) in [7, 11) is 0. The Kier molecular flexibility index (Phi) is 5.73. The lowest BCUT2D eigenvalue weighted by Crippen LogP contribution is -2.41. The van der Waals surface area contributed by atoms with Crippen LogP contribution in [-0.4, -0.2) is 12.3 Å². The van der Waals surface area contributed by atoms with Crippen LogP contribution in [-0.2, 0) is 6.54 Å². The van der Waals surface area contributed by atoms with Crippen molar-refractivity contribution in [3.8, 4) is 0 Å². The van der Waals surface area contributed by atoms with Crippen molar-refractivity contribution in [1.29, 1.82) is 0 Å². The molecule has 2 rings (SSSR count). The van der Waals surface area contributed by atoms with E-state index in [2.05, 4.69) is 88.6 Å². The summed E-state index contributed by atoms with van der Waals surface area (Å²) in [6.45, 7) is 11.8. The molecule has 0 radical (unpaired) electrons. The van der Waals surface area contributed by atoms with Crippen molar-refractivity contribution >= 4 is 11.9 Å². The minimum absolute atomic E-state index is 0.106. The van der Waals surface area contributed by atoms with Gasteiger partial charge in [0.25, 0.3) is 0 Å². The van der Waals surface area contributed by atoms with Crippen LogP contribution in [0.15, 0.2) is 53.5 Å². The molecule has 0 aromatic heterocycles. The Balaban J connectivity index is 2.14. The van der Waals surface area contributed by atoms with Gasteiger partial charge in [-0.15, -0.1) is 0 Å². The SMILES string of the molecule is Cc1cccc(C)c1N=CC(NCc1ccccc1)C(C)(C)C. The van der Waals surface area contributed by atoms with Crippen LogP contribution in [0.1, 0.15) is 37.5 Å². The van der Waals surface area contributed by atoms with E-state index in [1.165, 1.54) is 16.7 Å². The highest BCUT2D eigenvalue weighted by molar-refractivity contribution is 5.71. The van der Waals surface area contributed by atoms with Gasteiger partial charge in [-0.2, -0.15) is 0 Å². The average molecular weight is 308 g/mol. The fourth-order valence-corrected chi connectivity index (χ4v) is 2.56. The predicted octanol–water partition coefficient (Wildman–Crippen LogP) is 5.21. The molecular weight excluding hydrogens is 280 g/mol. The smallest absolute Gasteiger partial charge is 0.0684 e. The largest absolute Gasteiger partial charge is 0.305 e. The summed E-state index contributed by atoms with van der Waals surface area (Å²) in [5.41, 5.74) is 4.92. The third-order valence-corrected chi connectivity index (χ3v) is 4.09. The number of nitrogens with zero attached hydrogens (tertiary/aromatic N) is 1. The van der Waals surface area contributed by atoms with Crippen LogP contribution in [0.2, 0.25) is 0 Å². The van der Waals surface area contributed by atoms with Crippen molar-refractivity contribution in [2.75, 3.05) is 0 Å². The number of aryl methyl sites for hydroxylation is 2. The fourth-order valence-electron chi connectivity index (χ4n) is 2.56. The van der Waals surface area contributed by atoms with Crippen molar-refractivity contribution in [2.45, 2.75) is 47.2 Å². The average Bonchev–Trinajstić information content (AvgIpc) is 2.49. The zero-order valence-corrected chi connectivity index (χ0v) is 14.9. The van der Waals surface area contributed by atoms with E-state index in [4.69, 9.17) is 4.99 Å². The van der Waals surface area contributed by atoms with E-state index in [1.807, 2.05) is 6.07 Å². The molecule has 122 valence electrons. The van der Waals surface area contributed by atoms with Crippen LogP contribution in [0.4, 0.5) is 5.69 Å². The molecule has 1 unspecified atom stereocenters. The van der Waals surface area contributed by atoms with Gasteiger partial charge in [0.05, 0.1) is 5.69 Å². The lowest BCUT2D eigenvalue weighted by atomic mass is 9.87. The first-order valence-electron chi connectivity index (χ1n) is 8.25. The van der Waals surface area contributed by atoms with Crippen molar-refractivity contribution < 1.29 is 0 Å². The molecule has 0 saturated heterocycles. The molecule has 2 nitrogen and oxygen atoms in total. The van der Waals surface area contributed by atoms with Gasteiger partial charge in [-0.1, -0.05) is 69.3 Å². The molecular formula is C21H28N2. The normalized spacial score (nSPS) is 13.4. The van der Waals surface area contributed by atoms with E-state index in [0.717, 1.165) is 12.2 Å². The Morgan fingerprint density at radius 2 is 1.57 bits per heavy atom. The molecule has 0 spiro atoms. The number of para-hydroxylation sites is 1. The van der Waals surface area contributed by atoms with Crippen molar-refractivity contribution in [2.24, 2.45) is 10.4 Å². The Morgan fingerprint density at radius 3 is 2.13 bits per heavy atom. The van der Waals surface area contributed by atoms with Crippen molar-refractivity contribution in [3.63, 3.8) is 0 Å². The maximum atomic E-state index is 4.80. The molecule has 0 heterocycles. The molecule has 0 saturated carbocycles. The molecule has 2 aromatic rings. The van der Waals surface area contributed by atoms with Gasteiger partial charge < -0.3 is 5.32 Å². The molecule has 0 aliphatic heterocycles. The van der Waals surface area contributed by atoms with Crippen LogP contribution in [0, 0.1) is 19.3 Å². The highest BCUT2D eigenvalue weighted by Gasteiger charge is 2.22. The van der Waals surface area contributed by atoms with E-state index < -0.39 is 0 Å². The number of hydrogen-bond donors (Lipinski definition) is 1. The molecule has 1 N–H and O–H groups in total. The van der Waals surface area contributed by atoms with E-state index in [1.54, 1.807) is 0 Å². The van der Waals surface area contributed by atoms with Crippen LogP contribution < -0.4 is 5.32 Å². The molecule has 0 bridgehead atoms. The van der Waals surface area contributed by atoms with Crippen LogP contribution in [0.5, 0.6) is 0 Å². The maximum Gasteiger partial charge on any atom is 0.0684 e. The monoisotopic (exact) mass is 308 g/mol. The Morgan fingerprint density at radius 1 is 0.957 bits per heavy atom. The number of hydrogen-bond acceptors (Lipinski definition) is 2. The first-order chi connectivity index (χ1) is 10.9. The maximum absolute atomic E-state index is 4.80. The molecule has 23 heavy (non-hydrogen) atoms. The van der Waals surface area contributed by atoms with Gasteiger partial charge in [-0.3, -0.25) is 4.99 Å². The van der Waals surface area contributed by atoms with Gasteiger partial charge in [0, 0.05) is 18.8 Å². The summed E-state index contributed by atoms with van der Waals surface area (Å²) in [6, 6.07) is 17.0. The third-order valence-electron chi connectivity index (χ3n) is 4.09.